The fourth-order valence-electron chi connectivity index (χ4n) is 1.32. The van der Waals surface area contributed by atoms with Gasteiger partial charge in [0.25, 0.3) is 0 Å². The van der Waals surface area contributed by atoms with Crippen LogP contribution in [0.3, 0.4) is 0 Å². The molecule has 0 saturated heterocycles. The van der Waals surface area contributed by atoms with Gasteiger partial charge in [-0.25, -0.2) is 0 Å². The zero-order valence-corrected chi connectivity index (χ0v) is 10.4. The summed E-state index contributed by atoms with van der Waals surface area (Å²) in [5, 5.41) is 12.5. The van der Waals surface area contributed by atoms with E-state index in [-0.39, 0.29) is 5.41 Å². The number of nitriles is 1. The van der Waals surface area contributed by atoms with E-state index in [1.165, 1.54) is 0 Å². The molecule has 0 spiro atoms. The Morgan fingerprint density at radius 1 is 1.56 bits per heavy atom. The molecule has 0 unspecified atom stereocenters. The van der Waals surface area contributed by atoms with Crippen molar-refractivity contribution in [2.45, 2.75) is 26.7 Å². The van der Waals surface area contributed by atoms with Crippen LogP contribution in [-0.4, -0.2) is 11.5 Å². The van der Waals surface area contributed by atoms with Crippen LogP contribution in [0.4, 0.5) is 5.69 Å². The van der Waals surface area contributed by atoms with Crippen molar-refractivity contribution in [1.82, 2.24) is 4.98 Å². The number of anilines is 1. The normalized spacial score (nSPS) is 10.9. The van der Waals surface area contributed by atoms with E-state index in [2.05, 4.69) is 30.2 Å². The SMILES string of the molecule is CC(C)(CCC#N)CNc1cnccc1Cl. The molecule has 0 atom stereocenters. The van der Waals surface area contributed by atoms with Gasteiger partial charge in [-0.3, -0.25) is 4.98 Å². The number of halogens is 1. The van der Waals surface area contributed by atoms with E-state index in [4.69, 9.17) is 16.9 Å². The number of nitrogens with one attached hydrogen (secondary N) is 1. The van der Waals surface area contributed by atoms with E-state index in [9.17, 15) is 0 Å². The molecular formula is C12H16ClN3. The molecule has 3 nitrogen and oxygen atoms in total. The first-order valence-electron chi connectivity index (χ1n) is 5.25. The number of aromatic nitrogens is 1. The van der Waals surface area contributed by atoms with Gasteiger partial charge in [0.15, 0.2) is 0 Å². The van der Waals surface area contributed by atoms with Gasteiger partial charge in [-0.15, -0.1) is 0 Å². The highest BCUT2D eigenvalue weighted by atomic mass is 35.5. The van der Waals surface area contributed by atoms with E-state index in [0.717, 1.165) is 18.7 Å². The Balaban J connectivity index is 2.51. The Labute approximate surface area is 101 Å². The lowest BCUT2D eigenvalue weighted by molar-refractivity contribution is 0.364. The zero-order chi connectivity index (χ0) is 12.0. The minimum Gasteiger partial charge on any atom is -0.382 e. The van der Waals surface area contributed by atoms with E-state index < -0.39 is 0 Å². The maximum atomic E-state index is 8.56. The van der Waals surface area contributed by atoms with Crippen molar-refractivity contribution in [3.05, 3.63) is 23.5 Å². The van der Waals surface area contributed by atoms with E-state index in [1.54, 1.807) is 18.5 Å². The average molecular weight is 238 g/mol. The molecule has 0 aromatic carbocycles. The summed E-state index contributed by atoms with van der Waals surface area (Å²) in [5.41, 5.74) is 0.920. The Hall–Kier alpha value is -1.27. The third kappa shape index (κ3) is 4.08. The predicted molar refractivity (Wildman–Crippen MR) is 66.4 cm³/mol. The lowest BCUT2D eigenvalue weighted by atomic mass is 9.88. The Morgan fingerprint density at radius 3 is 2.94 bits per heavy atom. The minimum absolute atomic E-state index is 0.0783. The highest BCUT2D eigenvalue weighted by molar-refractivity contribution is 6.33. The third-order valence-corrected chi connectivity index (χ3v) is 2.77. The van der Waals surface area contributed by atoms with Gasteiger partial charge < -0.3 is 5.32 Å². The molecule has 0 radical (unpaired) electrons. The Bertz CT molecular complexity index is 382. The third-order valence-electron chi connectivity index (χ3n) is 2.44. The van der Waals surface area contributed by atoms with E-state index in [1.807, 2.05) is 0 Å². The summed E-state index contributed by atoms with van der Waals surface area (Å²) < 4.78 is 0. The van der Waals surface area contributed by atoms with Gasteiger partial charge in [-0.2, -0.15) is 5.26 Å². The summed E-state index contributed by atoms with van der Waals surface area (Å²) in [4.78, 5) is 4.01. The van der Waals surface area contributed by atoms with Crippen LogP contribution in [-0.2, 0) is 0 Å². The summed E-state index contributed by atoms with van der Waals surface area (Å²) in [6.07, 6.45) is 4.82. The van der Waals surface area contributed by atoms with Gasteiger partial charge in [0.05, 0.1) is 23.0 Å². The predicted octanol–water partition coefficient (Wildman–Crippen LogP) is 3.48. The topological polar surface area (TPSA) is 48.7 Å². The molecule has 1 rings (SSSR count). The van der Waals surface area contributed by atoms with Crippen molar-refractivity contribution in [2.24, 2.45) is 5.41 Å². The Kier molecular flexibility index (Phi) is 4.57. The molecule has 16 heavy (non-hydrogen) atoms. The van der Waals surface area contributed by atoms with E-state index in [0.29, 0.717) is 11.4 Å². The van der Waals surface area contributed by atoms with Gasteiger partial charge in [0.1, 0.15) is 0 Å². The number of rotatable bonds is 5. The van der Waals surface area contributed by atoms with Crippen molar-refractivity contribution < 1.29 is 0 Å². The quantitative estimate of drug-likeness (QED) is 0.853. The average Bonchev–Trinajstić information content (AvgIpc) is 2.26. The van der Waals surface area contributed by atoms with Crippen LogP contribution >= 0.6 is 11.6 Å². The first kappa shape index (κ1) is 12.8. The van der Waals surface area contributed by atoms with Crippen molar-refractivity contribution in [2.75, 3.05) is 11.9 Å². The van der Waals surface area contributed by atoms with Crippen LogP contribution in [0.2, 0.25) is 5.02 Å². The highest BCUT2D eigenvalue weighted by Crippen LogP contribution is 2.25. The van der Waals surface area contributed by atoms with Gasteiger partial charge in [0, 0.05) is 19.2 Å². The molecule has 86 valence electrons. The van der Waals surface area contributed by atoms with Crippen LogP contribution in [0.15, 0.2) is 18.5 Å². The summed E-state index contributed by atoms with van der Waals surface area (Å²) in [6, 6.07) is 3.92. The van der Waals surface area contributed by atoms with Crippen molar-refractivity contribution >= 4 is 17.3 Å². The van der Waals surface area contributed by atoms with Crippen LogP contribution in [0.5, 0.6) is 0 Å². The van der Waals surface area contributed by atoms with Gasteiger partial charge in [-0.1, -0.05) is 25.4 Å². The van der Waals surface area contributed by atoms with Crippen LogP contribution < -0.4 is 5.32 Å². The lowest BCUT2D eigenvalue weighted by Gasteiger charge is -2.24. The number of pyridine rings is 1. The largest absolute Gasteiger partial charge is 0.382 e. The fraction of sp³-hybridized carbons (Fsp3) is 0.500. The second-order valence-corrected chi connectivity index (χ2v) is 4.94. The first-order chi connectivity index (χ1) is 7.55. The van der Waals surface area contributed by atoms with Gasteiger partial charge >= 0.3 is 0 Å². The smallest absolute Gasteiger partial charge is 0.0716 e. The van der Waals surface area contributed by atoms with Crippen LogP contribution in [0.1, 0.15) is 26.7 Å². The Morgan fingerprint density at radius 2 is 2.31 bits per heavy atom. The zero-order valence-electron chi connectivity index (χ0n) is 9.63. The summed E-state index contributed by atoms with van der Waals surface area (Å²) in [7, 11) is 0. The molecule has 4 heteroatoms. The second-order valence-electron chi connectivity index (χ2n) is 4.53. The number of nitrogens with zero attached hydrogens (tertiary/aromatic N) is 2. The van der Waals surface area contributed by atoms with Crippen molar-refractivity contribution in [3.8, 4) is 6.07 Å². The molecule has 1 N–H and O–H groups in total. The molecule has 1 aromatic heterocycles. The minimum atomic E-state index is 0.0783. The lowest BCUT2D eigenvalue weighted by Crippen LogP contribution is -2.23. The molecule has 0 saturated carbocycles. The maximum absolute atomic E-state index is 8.56. The number of hydrogen-bond acceptors (Lipinski definition) is 3. The molecule has 0 aliphatic carbocycles. The van der Waals surface area contributed by atoms with Crippen molar-refractivity contribution in [3.63, 3.8) is 0 Å². The highest BCUT2D eigenvalue weighted by Gasteiger charge is 2.17. The molecular weight excluding hydrogens is 222 g/mol. The monoisotopic (exact) mass is 237 g/mol. The van der Waals surface area contributed by atoms with Gasteiger partial charge in [0.2, 0.25) is 0 Å². The van der Waals surface area contributed by atoms with Gasteiger partial charge in [-0.05, 0) is 17.9 Å². The standard InChI is InChI=1S/C12H16ClN3/c1-12(2,5-3-6-14)9-16-11-8-15-7-4-10(11)13/h4,7-8,16H,3,5,9H2,1-2H3. The summed E-state index contributed by atoms with van der Waals surface area (Å²) >= 11 is 6.00. The first-order valence-corrected chi connectivity index (χ1v) is 5.63. The molecule has 0 aliphatic rings. The molecule has 0 bridgehead atoms. The van der Waals surface area contributed by atoms with Crippen LogP contribution in [0.25, 0.3) is 0 Å². The summed E-state index contributed by atoms with van der Waals surface area (Å²) in [6.45, 7) is 5.03. The molecule has 1 aromatic rings. The molecule has 0 aliphatic heterocycles. The fourth-order valence-corrected chi connectivity index (χ4v) is 1.50. The second kappa shape index (κ2) is 5.72. The molecule has 0 fully saturated rings. The number of hydrogen-bond donors (Lipinski definition) is 1. The van der Waals surface area contributed by atoms with E-state index >= 15 is 0 Å². The van der Waals surface area contributed by atoms with Crippen LogP contribution in [0, 0.1) is 16.7 Å². The van der Waals surface area contributed by atoms with Crippen molar-refractivity contribution in [1.29, 1.82) is 5.26 Å². The molecule has 1 heterocycles. The maximum Gasteiger partial charge on any atom is 0.0716 e. The molecule has 0 amide bonds. The summed E-state index contributed by atoms with van der Waals surface area (Å²) in [5.74, 6) is 0.